The minimum Gasteiger partial charge on any atom is -0.409 e. The molecule has 0 aliphatic carbocycles. The molecule has 0 bridgehead atoms. The predicted octanol–water partition coefficient (Wildman–Crippen LogP) is 1.68. The van der Waals surface area contributed by atoms with Gasteiger partial charge in [0, 0.05) is 11.0 Å². The summed E-state index contributed by atoms with van der Waals surface area (Å²) in [6.45, 7) is 9.05. The molecule has 0 unspecified atom stereocenters. The van der Waals surface area contributed by atoms with Gasteiger partial charge in [0.05, 0.1) is 6.61 Å². The number of rotatable bonds is 9. The van der Waals surface area contributed by atoms with Gasteiger partial charge in [-0.3, -0.25) is 0 Å². The largest absolute Gasteiger partial charge is 0.409 e. The molecule has 5 N–H and O–H groups in total. The first-order valence-electron chi connectivity index (χ1n) is 6.71. The van der Waals surface area contributed by atoms with Gasteiger partial charge in [0.2, 0.25) is 0 Å². The first kappa shape index (κ1) is 17.2. The van der Waals surface area contributed by atoms with Gasteiger partial charge in [0.1, 0.15) is 5.84 Å². The molecule has 0 amide bonds. The number of aliphatic hydroxyl groups is 1. The topological polar surface area (TPSA) is 90.9 Å². The number of hydrogen-bond acceptors (Lipinski definition) is 4. The molecule has 0 spiro atoms. The lowest BCUT2D eigenvalue weighted by Gasteiger charge is -2.31. The molecule has 18 heavy (non-hydrogen) atoms. The van der Waals surface area contributed by atoms with Crippen molar-refractivity contribution in [2.45, 2.75) is 58.9 Å². The summed E-state index contributed by atoms with van der Waals surface area (Å²) < 4.78 is 0. The second kappa shape index (κ2) is 7.59. The zero-order valence-corrected chi connectivity index (χ0v) is 12.2. The Kier molecular flexibility index (Phi) is 7.25. The quantitative estimate of drug-likeness (QED) is 0.167. The summed E-state index contributed by atoms with van der Waals surface area (Å²) in [6.07, 6.45) is 3.57. The Morgan fingerprint density at radius 2 is 1.83 bits per heavy atom. The van der Waals surface area contributed by atoms with Crippen LogP contribution >= 0.6 is 0 Å². The fourth-order valence-electron chi connectivity index (χ4n) is 1.93. The van der Waals surface area contributed by atoms with Crippen molar-refractivity contribution in [1.82, 2.24) is 5.32 Å². The number of hydrogen-bond donors (Lipinski definition) is 4. The lowest BCUT2D eigenvalue weighted by atomic mass is 9.86. The van der Waals surface area contributed by atoms with Gasteiger partial charge >= 0.3 is 0 Å². The highest BCUT2D eigenvalue weighted by atomic mass is 16.4. The average molecular weight is 259 g/mol. The molecule has 0 fully saturated rings. The fraction of sp³-hybridized carbons (Fsp3) is 0.923. The number of nitrogens with two attached hydrogens (primary N) is 1. The van der Waals surface area contributed by atoms with E-state index >= 15 is 0 Å². The smallest absolute Gasteiger partial charge is 0.144 e. The van der Waals surface area contributed by atoms with Crippen LogP contribution in [0.3, 0.4) is 0 Å². The van der Waals surface area contributed by atoms with Crippen molar-refractivity contribution in [2.24, 2.45) is 16.3 Å². The molecule has 0 aliphatic rings. The number of amidine groups is 1. The standard InChI is InChI=1S/C13H29N3O2/c1-5-13(6-2,10-17)15-9-7-8-12(3,4)11(14)16-18/h15,17-18H,5-10H2,1-4H3,(H2,14,16). The fourth-order valence-corrected chi connectivity index (χ4v) is 1.93. The predicted molar refractivity (Wildman–Crippen MR) is 74.8 cm³/mol. The van der Waals surface area contributed by atoms with Gasteiger partial charge in [-0.25, -0.2) is 0 Å². The SMILES string of the molecule is CCC(CC)(CO)NCCCC(C)(C)C(N)=NO. The Labute approximate surface area is 110 Å². The van der Waals surface area contributed by atoms with Gasteiger partial charge in [-0.15, -0.1) is 0 Å². The summed E-state index contributed by atoms with van der Waals surface area (Å²) in [7, 11) is 0. The second-order valence-electron chi connectivity index (χ2n) is 5.55. The average Bonchev–Trinajstić information content (AvgIpc) is 2.38. The van der Waals surface area contributed by atoms with Crippen molar-refractivity contribution < 1.29 is 10.3 Å². The molecule has 0 aliphatic heterocycles. The van der Waals surface area contributed by atoms with E-state index in [-0.39, 0.29) is 23.4 Å². The van der Waals surface area contributed by atoms with E-state index in [2.05, 4.69) is 24.3 Å². The zero-order chi connectivity index (χ0) is 14.2. The first-order valence-corrected chi connectivity index (χ1v) is 6.71. The van der Waals surface area contributed by atoms with E-state index in [0.29, 0.717) is 0 Å². The van der Waals surface area contributed by atoms with Crippen molar-refractivity contribution in [3.63, 3.8) is 0 Å². The van der Waals surface area contributed by atoms with Crippen LogP contribution in [-0.4, -0.2) is 34.8 Å². The molecule has 0 aromatic carbocycles. The maximum atomic E-state index is 9.43. The number of nitrogens with zero attached hydrogens (tertiary/aromatic N) is 1. The van der Waals surface area contributed by atoms with E-state index < -0.39 is 0 Å². The van der Waals surface area contributed by atoms with Crippen LogP contribution in [-0.2, 0) is 0 Å². The van der Waals surface area contributed by atoms with Gasteiger partial charge in [0.25, 0.3) is 0 Å². The molecule has 0 atom stereocenters. The van der Waals surface area contributed by atoms with Crippen molar-refractivity contribution in [2.75, 3.05) is 13.2 Å². The van der Waals surface area contributed by atoms with Gasteiger partial charge < -0.3 is 21.4 Å². The zero-order valence-electron chi connectivity index (χ0n) is 12.2. The Bertz CT molecular complexity index is 253. The molecular weight excluding hydrogens is 230 g/mol. The molecule has 108 valence electrons. The third-order valence-corrected chi connectivity index (χ3v) is 3.94. The molecule has 5 heteroatoms. The van der Waals surface area contributed by atoms with Crippen LogP contribution in [0, 0.1) is 5.41 Å². The van der Waals surface area contributed by atoms with Gasteiger partial charge in [-0.2, -0.15) is 0 Å². The number of nitrogens with one attached hydrogen (secondary N) is 1. The third-order valence-electron chi connectivity index (χ3n) is 3.94. The molecule has 0 heterocycles. The van der Waals surface area contributed by atoms with Crippen molar-refractivity contribution in [3.8, 4) is 0 Å². The summed E-state index contributed by atoms with van der Waals surface area (Å²) in [6, 6.07) is 0. The van der Waals surface area contributed by atoms with E-state index in [0.717, 1.165) is 32.2 Å². The third kappa shape index (κ3) is 4.82. The van der Waals surface area contributed by atoms with Crippen LogP contribution in [0.1, 0.15) is 53.4 Å². The summed E-state index contributed by atoms with van der Waals surface area (Å²) >= 11 is 0. The highest BCUT2D eigenvalue weighted by Gasteiger charge is 2.26. The molecule has 0 rings (SSSR count). The Morgan fingerprint density at radius 3 is 2.22 bits per heavy atom. The maximum Gasteiger partial charge on any atom is 0.144 e. The molecular formula is C13H29N3O2. The Morgan fingerprint density at radius 1 is 1.28 bits per heavy atom. The monoisotopic (exact) mass is 259 g/mol. The van der Waals surface area contributed by atoms with Crippen molar-refractivity contribution >= 4 is 5.84 Å². The molecule has 0 saturated carbocycles. The van der Waals surface area contributed by atoms with Gasteiger partial charge in [-0.1, -0.05) is 32.9 Å². The highest BCUT2D eigenvalue weighted by molar-refractivity contribution is 5.85. The normalized spacial score (nSPS) is 13.9. The maximum absolute atomic E-state index is 9.43. The Balaban J connectivity index is 4.14. The van der Waals surface area contributed by atoms with Crippen LogP contribution in [0.15, 0.2) is 5.16 Å². The Hall–Kier alpha value is -0.810. The van der Waals surface area contributed by atoms with Crippen LogP contribution in [0.5, 0.6) is 0 Å². The van der Waals surface area contributed by atoms with Gasteiger partial charge in [0.15, 0.2) is 0 Å². The highest BCUT2D eigenvalue weighted by Crippen LogP contribution is 2.22. The van der Waals surface area contributed by atoms with Gasteiger partial charge in [-0.05, 0) is 32.2 Å². The lowest BCUT2D eigenvalue weighted by Crippen LogP contribution is -2.48. The van der Waals surface area contributed by atoms with E-state index in [1.807, 2.05) is 13.8 Å². The summed E-state index contributed by atoms with van der Waals surface area (Å²) in [5, 5.41) is 24.6. The van der Waals surface area contributed by atoms with Crippen LogP contribution in [0.4, 0.5) is 0 Å². The summed E-state index contributed by atoms with van der Waals surface area (Å²) in [5.41, 5.74) is 5.18. The van der Waals surface area contributed by atoms with Crippen LogP contribution in [0.2, 0.25) is 0 Å². The minimum absolute atomic E-state index is 0.156. The number of oxime groups is 1. The van der Waals surface area contributed by atoms with Crippen molar-refractivity contribution in [1.29, 1.82) is 0 Å². The first-order chi connectivity index (χ1) is 8.37. The second-order valence-corrected chi connectivity index (χ2v) is 5.55. The summed E-state index contributed by atoms with van der Waals surface area (Å²) in [4.78, 5) is 0. The minimum atomic E-state index is -0.295. The van der Waals surface area contributed by atoms with Crippen molar-refractivity contribution in [3.05, 3.63) is 0 Å². The summed E-state index contributed by atoms with van der Waals surface area (Å²) in [5.74, 6) is 0.266. The number of aliphatic hydroxyl groups excluding tert-OH is 1. The molecule has 0 aromatic rings. The van der Waals surface area contributed by atoms with E-state index in [4.69, 9.17) is 10.9 Å². The molecule has 0 aromatic heterocycles. The van der Waals surface area contributed by atoms with E-state index in [9.17, 15) is 5.11 Å². The van der Waals surface area contributed by atoms with E-state index in [1.54, 1.807) is 0 Å². The molecule has 0 saturated heterocycles. The van der Waals surface area contributed by atoms with Crippen LogP contribution in [0.25, 0.3) is 0 Å². The molecule has 0 radical (unpaired) electrons. The molecule has 5 nitrogen and oxygen atoms in total. The van der Waals surface area contributed by atoms with E-state index in [1.165, 1.54) is 0 Å². The lowest BCUT2D eigenvalue weighted by molar-refractivity contribution is 0.150. The van der Waals surface area contributed by atoms with Crippen LogP contribution < -0.4 is 11.1 Å².